The minimum Gasteiger partial charge on any atom is -0.486 e. The van der Waals surface area contributed by atoms with Crippen molar-refractivity contribution in [1.29, 1.82) is 0 Å². The van der Waals surface area contributed by atoms with Gasteiger partial charge >= 0.3 is 6.09 Å². The van der Waals surface area contributed by atoms with E-state index in [-0.39, 0.29) is 17.9 Å². The predicted octanol–water partition coefficient (Wildman–Crippen LogP) is 4.36. The highest BCUT2D eigenvalue weighted by Gasteiger charge is 2.35. The number of anilines is 1. The van der Waals surface area contributed by atoms with E-state index in [9.17, 15) is 13.6 Å². The van der Waals surface area contributed by atoms with Crippen LogP contribution in [-0.2, 0) is 9.47 Å². The number of rotatable bonds is 5. The number of carbonyl (C=O) groups is 1. The summed E-state index contributed by atoms with van der Waals surface area (Å²) in [6.45, 7) is 8.11. The SMILES string of the molecule is CC(C)(C)OC(=O)NC1CC(Oc2c(-c3csc(N4CCOCC4)n3)ccc(F)c2F)C1. The maximum absolute atomic E-state index is 14.7. The summed E-state index contributed by atoms with van der Waals surface area (Å²) in [5.41, 5.74) is 0.355. The van der Waals surface area contributed by atoms with Gasteiger partial charge in [0.1, 0.15) is 11.7 Å². The molecule has 0 bridgehead atoms. The Morgan fingerprint density at radius 2 is 1.97 bits per heavy atom. The second-order valence-electron chi connectivity index (χ2n) is 8.91. The molecule has 1 saturated carbocycles. The average Bonchev–Trinajstić information content (AvgIpc) is 3.19. The maximum atomic E-state index is 14.7. The fourth-order valence-electron chi connectivity index (χ4n) is 3.56. The number of benzene rings is 1. The van der Waals surface area contributed by atoms with Crippen molar-refractivity contribution < 1.29 is 27.8 Å². The Balaban J connectivity index is 1.43. The molecule has 0 spiro atoms. The average molecular weight is 468 g/mol. The van der Waals surface area contributed by atoms with E-state index in [2.05, 4.69) is 15.2 Å². The van der Waals surface area contributed by atoms with Gasteiger partial charge in [0.2, 0.25) is 5.82 Å². The van der Waals surface area contributed by atoms with Crippen molar-refractivity contribution in [1.82, 2.24) is 10.3 Å². The van der Waals surface area contributed by atoms with Crippen LogP contribution in [0.2, 0.25) is 0 Å². The molecule has 1 saturated heterocycles. The van der Waals surface area contributed by atoms with Gasteiger partial charge in [-0.05, 0) is 32.9 Å². The number of nitrogens with zero attached hydrogens (tertiary/aromatic N) is 2. The second-order valence-corrected chi connectivity index (χ2v) is 9.74. The van der Waals surface area contributed by atoms with Crippen LogP contribution < -0.4 is 15.0 Å². The number of amides is 1. The van der Waals surface area contributed by atoms with Crippen LogP contribution in [0.15, 0.2) is 17.5 Å². The minimum absolute atomic E-state index is 0.137. The van der Waals surface area contributed by atoms with E-state index >= 15 is 0 Å². The van der Waals surface area contributed by atoms with Gasteiger partial charge in [0.05, 0.1) is 18.9 Å². The molecular weight excluding hydrogens is 440 g/mol. The fourth-order valence-corrected chi connectivity index (χ4v) is 4.44. The molecule has 174 valence electrons. The molecule has 0 atom stereocenters. The zero-order valence-electron chi connectivity index (χ0n) is 18.3. The van der Waals surface area contributed by atoms with E-state index in [1.165, 1.54) is 17.4 Å². The Morgan fingerprint density at radius 1 is 1.25 bits per heavy atom. The number of aromatic nitrogens is 1. The third kappa shape index (κ3) is 5.29. The van der Waals surface area contributed by atoms with Gasteiger partial charge in [0, 0.05) is 42.9 Å². The van der Waals surface area contributed by atoms with E-state index < -0.39 is 23.3 Å². The van der Waals surface area contributed by atoms with Crippen LogP contribution >= 0.6 is 11.3 Å². The number of hydrogen-bond acceptors (Lipinski definition) is 7. The molecular formula is C22H27F2N3O4S. The molecule has 10 heteroatoms. The highest BCUT2D eigenvalue weighted by atomic mass is 32.1. The fraction of sp³-hybridized carbons (Fsp3) is 0.545. The lowest BCUT2D eigenvalue weighted by atomic mass is 9.89. The molecule has 1 N–H and O–H groups in total. The van der Waals surface area contributed by atoms with Crippen LogP contribution in [-0.4, -0.2) is 55.1 Å². The predicted molar refractivity (Wildman–Crippen MR) is 117 cm³/mol. The molecule has 2 heterocycles. The Labute approximate surface area is 189 Å². The highest BCUT2D eigenvalue weighted by molar-refractivity contribution is 7.14. The van der Waals surface area contributed by atoms with Crippen LogP contribution in [0.4, 0.5) is 18.7 Å². The zero-order valence-corrected chi connectivity index (χ0v) is 19.1. The van der Waals surface area contributed by atoms with Crippen molar-refractivity contribution in [3.8, 4) is 17.0 Å². The molecule has 2 aromatic rings. The lowest BCUT2D eigenvalue weighted by Crippen LogP contribution is -2.50. The number of ether oxygens (including phenoxy) is 3. The Bertz CT molecular complexity index is 967. The third-order valence-corrected chi connectivity index (χ3v) is 6.10. The summed E-state index contributed by atoms with van der Waals surface area (Å²) >= 11 is 1.45. The van der Waals surface area contributed by atoms with Gasteiger partial charge in [-0.1, -0.05) is 0 Å². The van der Waals surface area contributed by atoms with Gasteiger partial charge in [0.25, 0.3) is 0 Å². The van der Waals surface area contributed by atoms with Gasteiger partial charge in [0.15, 0.2) is 16.7 Å². The van der Waals surface area contributed by atoms with E-state index in [0.717, 1.165) is 24.3 Å². The van der Waals surface area contributed by atoms with E-state index in [0.29, 0.717) is 37.3 Å². The summed E-state index contributed by atoms with van der Waals surface area (Å²) < 4.78 is 45.1. The quantitative estimate of drug-likeness (QED) is 0.705. The number of carbonyl (C=O) groups excluding carboxylic acids is 1. The molecule has 1 aromatic carbocycles. The van der Waals surface area contributed by atoms with Gasteiger partial charge in [-0.2, -0.15) is 4.39 Å². The van der Waals surface area contributed by atoms with Crippen molar-refractivity contribution in [2.24, 2.45) is 0 Å². The van der Waals surface area contributed by atoms with Gasteiger partial charge in [-0.3, -0.25) is 0 Å². The van der Waals surface area contributed by atoms with Gasteiger partial charge in [-0.25, -0.2) is 14.2 Å². The lowest BCUT2D eigenvalue weighted by Gasteiger charge is -2.36. The summed E-state index contributed by atoms with van der Waals surface area (Å²) in [5.74, 6) is -2.16. The van der Waals surface area contributed by atoms with Gasteiger partial charge in [-0.15, -0.1) is 11.3 Å². The van der Waals surface area contributed by atoms with Crippen molar-refractivity contribution in [3.05, 3.63) is 29.1 Å². The first kappa shape index (κ1) is 22.7. The standard InChI is InChI=1S/C22H27F2N3O4S/c1-22(2,3)31-21(28)25-13-10-14(11-13)30-19-15(4-5-16(23)18(19)24)17-12-32-20(26-17)27-6-8-29-9-7-27/h4-5,12-14H,6-11H2,1-3H3,(H,25,28). The molecule has 0 radical (unpaired) electrons. The van der Waals surface area contributed by atoms with Crippen LogP contribution in [0.3, 0.4) is 0 Å². The first-order valence-corrected chi connectivity index (χ1v) is 11.5. The van der Waals surface area contributed by atoms with Crippen LogP contribution in [0.25, 0.3) is 11.3 Å². The first-order valence-electron chi connectivity index (χ1n) is 10.6. The largest absolute Gasteiger partial charge is 0.486 e. The maximum Gasteiger partial charge on any atom is 0.407 e. The molecule has 2 fully saturated rings. The number of alkyl carbamates (subject to hydrolysis) is 1. The number of nitrogens with one attached hydrogen (secondary N) is 1. The van der Waals surface area contributed by atoms with Crippen LogP contribution in [0.1, 0.15) is 33.6 Å². The van der Waals surface area contributed by atoms with Gasteiger partial charge < -0.3 is 24.4 Å². The topological polar surface area (TPSA) is 72.9 Å². The summed E-state index contributed by atoms with van der Waals surface area (Å²) in [4.78, 5) is 18.6. The summed E-state index contributed by atoms with van der Waals surface area (Å²) in [6, 6.07) is 2.43. The number of halogens is 2. The van der Waals surface area contributed by atoms with Crippen molar-refractivity contribution in [3.63, 3.8) is 0 Å². The third-order valence-electron chi connectivity index (χ3n) is 5.20. The number of hydrogen-bond donors (Lipinski definition) is 1. The van der Waals surface area contributed by atoms with Crippen molar-refractivity contribution in [2.45, 2.75) is 51.4 Å². The second kappa shape index (κ2) is 9.19. The minimum atomic E-state index is -1.04. The first-order chi connectivity index (χ1) is 15.2. The smallest absolute Gasteiger partial charge is 0.407 e. The molecule has 1 amide bonds. The number of thiazole rings is 1. The van der Waals surface area contributed by atoms with E-state index in [1.54, 1.807) is 20.8 Å². The summed E-state index contributed by atoms with van der Waals surface area (Å²) in [6.07, 6.45) is 0.106. The van der Waals surface area contributed by atoms with Crippen LogP contribution in [0.5, 0.6) is 5.75 Å². The lowest BCUT2D eigenvalue weighted by molar-refractivity contribution is 0.0355. The molecule has 0 unspecified atom stereocenters. The summed E-state index contributed by atoms with van der Waals surface area (Å²) in [7, 11) is 0. The molecule has 7 nitrogen and oxygen atoms in total. The Hall–Kier alpha value is -2.46. The normalized spacial score (nSPS) is 21.1. The van der Waals surface area contributed by atoms with E-state index in [4.69, 9.17) is 14.2 Å². The molecule has 32 heavy (non-hydrogen) atoms. The highest BCUT2D eigenvalue weighted by Crippen LogP contribution is 2.39. The van der Waals surface area contributed by atoms with Crippen molar-refractivity contribution >= 4 is 22.6 Å². The van der Waals surface area contributed by atoms with Crippen LogP contribution in [0, 0.1) is 11.6 Å². The monoisotopic (exact) mass is 467 g/mol. The summed E-state index contributed by atoms with van der Waals surface area (Å²) in [5, 5.41) is 5.39. The number of morpholine rings is 1. The molecule has 4 rings (SSSR count). The molecule has 1 aromatic heterocycles. The Morgan fingerprint density at radius 3 is 2.66 bits per heavy atom. The van der Waals surface area contributed by atoms with E-state index in [1.807, 2.05) is 5.38 Å². The molecule has 1 aliphatic carbocycles. The Kier molecular flexibility index (Phi) is 6.52. The molecule has 2 aliphatic rings. The molecule has 1 aliphatic heterocycles. The van der Waals surface area contributed by atoms with Crippen molar-refractivity contribution in [2.75, 3.05) is 31.2 Å². The zero-order chi connectivity index (χ0) is 22.9.